The lowest BCUT2D eigenvalue weighted by Crippen LogP contribution is -2.50. The number of aromatic nitrogens is 4. The van der Waals surface area contributed by atoms with Crippen molar-refractivity contribution in [1.29, 1.82) is 0 Å². The Morgan fingerprint density at radius 3 is 2.74 bits per heavy atom. The minimum atomic E-state index is 0.115. The van der Waals surface area contributed by atoms with Gasteiger partial charge in [0, 0.05) is 63.2 Å². The maximum absolute atomic E-state index is 12.5. The van der Waals surface area contributed by atoms with Gasteiger partial charge in [0.25, 0.3) is 0 Å². The summed E-state index contributed by atoms with van der Waals surface area (Å²) in [6, 6.07) is 0.218. The monoisotopic (exact) mass is 430 g/mol. The maximum Gasteiger partial charge on any atom is 0.226 e. The Balaban J connectivity index is 1.61. The van der Waals surface area contributed by atoms with Crippen molar-refractivity contribution in [2.45, 2.75) is 86.4 Å². The van der Waals surface area contributed by atoms with Crippen molar-refractivity contribution in [2.24, 2.45) is 5.92 Å². The van der Waals surface area contributed by atoms with E-state index in [9.17, 15) is 4.79 Å². The summed E-state index contributed by atoms with van der Waals surface area (Å²) in [5.41, 5.74) is 3.68. The molecule has 8 nitrogen and oxygen atoms in total. The average molecular weight is 431 g/mol. The largest absolute Gasteiger partial charge is 0.339 e. The van der Waals surface area contributed by atoms with Gasteiger partial charge in [-0.2, -0.15) is 10.1 Å². The number of hydrogen-bond donors (Lipinski definition) is 0. The first kappa shape index (κ1) is 23.4. The number of hydrogen-bond acceptors (Lipinski definition) is 6. The van der Waals surface area contributed by atoms with Gasteiger partial charge in [-0.15, -0.1) is 0 Å². The molecular formula is C23H38N6O2. The molecule has 1 aliphatic heterocycles. The molecule has 1 aliphatic rings. The normalized spacial score (nSPS) is 17.5. The third-order valence-corrected chi connectivity index (χ3v) is 6.21. The fourth-order valence-corrected chi connectivity index (χ4v) is 4.56. The summed E-state index contributed by atoms with van der Waals surface area (Å²) in [4.78, 5) is 21.4. The predicted octanol–water partition coefficient (Wildman–Crippen LogP) is 3.16. The molecule has 1 fully saturated rings. The molecule has 172 valence electrons. The van der Waals surface area contributed by atoms with Crippen molar-refractivity contribution in [3.8, 4) is 0 Å². The Labute approximate surface area is 186 Å². The second-order valence-corrected chi connectivity index (χ2v) is 9.16. The summed E-state index contributed by atoms with van der Waals surface area (Å²) in [5.74, 6) is 1.96. The Kier molecular flexibility index (Phi) is 7.86. The SMILES string of the molecule is CCn1nc(C)c(CN2CCCC(N(CCc3noc(CC(C)C)n3)C(C)=O)C2)c1C. The smallest absolute Gasteiger partial charge is 0.226 e. The first-order valence-electron chi connectivity index (χ1n) is 11.6. The van der Waals surface area contributed by atoms with E-state index in [2.05, 4.69) is 59.4 Å². The summed E-state index contributed by atoms with van der Waals surface area (Å²) in [6.45, 7) is 16.7. The number of carbonyl (C=O) groups is 1. The van der Waals surface area contributed by atoms with Crippen LogP contribution in [-0.4, -0.2) is 61.3 Å². The summed E-state index contributed by atoms with van der Waals surface area (Å²) in [5, 5.41) is 8.76. The third-order valence-electron chi connectivity index (χ3n) is 6.21. The van der Waals surface area contributed by atoms with E-state index in [4.69, 9.17) is 4.52 Å². The minimum Gasteiger partial charge on any atom is -0.339 e. The van der Waals surface area contributed by atoms with Gasteiger partial charge in [-0.05, 0) is 46.1 Å². The number of nitrogens with zero attached hydrogens (tertiary/aromatic N) is 6. The van der Waals surface area contributed by atoms with Crippen LogP contribution < -0.4 is 0 Å². The highest BCUT2D eigenvalue weighted by Gasteiger charge is 2.28. The van der Waals surface area contributed by atoms with Crippen LogP contribution in [0.5, 0.6) is 0 Å². The Morgan fingerprint density at radius 2 is 2.10 bits per heavy atom. The van der Waals surface area contributed by atoms with Gasteiger partial charge in [0.2, 0.25) is 11.8 Å². The average Bonchev–Trinajstić information content (AvgIpc) is 3.26. The molecule has 0 saturated carbocycles. The van der Waals surface area contributed by atoms with Gasteiger partial charge in [-0.3, -0.25) is 14.4 Å². The first-order valence-corrected chi connectivity index (χ1v) is 11.6. The lowest BCUT2D eigenvalue weighted by atomic mass is 10.0. The van der Waals surface area contributed by atoms with Crippen molar-refractivity contribution >= 4 is 5.91 Å². The Morgan fingerprint density at radius 1 is 1.32 bits per heavy atom. The third kappa shape index (κ3) is 5.93. The van der Waals surface area contributed by atoms with Gasteiger partial charge >= 0.3 is 0 Å². The number of rotatable bonds is 9. The molecule has 8 heteroatoms. The molecular weight excluding hydrogens is 392 g/mol. The number of piperidine rings is 1. The molecule has 1 atom stereocenters. The van der Waals surface area contributed by atoms with E-state index in [1.807, 2.05) is 4.90 Å². The van der Waals surface area contributed by atoms with E-state index in [0.29, 0.717) is 30.6 Å². The fourth-order valence-electron chi connectivity index (χ4n) is 4.56. The van der Waals surface area contributed by atoms with Crippen molar-refractivity contribution < 1.29 is 9.32 Å². The quantitative estimate of drug-likeness (QED) is 0.608. The van der Waals surface area contributed by atoms with Crippen LogP contribution in [0.1, 0.15) is 69.2 Å². The zero-order chi connectivity index (χ0) is 22.5. The molecule has 0 bridgehead atoms. The van der Waals surface area contributed by atoms with Crippen molar-refractivity contribution in [3.05, 3.63) is 28.7 Å². The second-order valence-electron chi connectivity index (χ2n) is 9.16. The number of likely N-dealkylation sites (tertiary alicyclic amines) is 1. The molecule has 31 heavy (non-hydrogen) atoms. The van der Waals surface area contributed by atoms with Crippen LogP contribution in [0.25, 0.3) is 0 Å². The Bertz CT molecular complexity index is 872. The lowest BCUT2D eigenvalue weighted by Gasteiger charge is -2.39. The molecule has 0 aliphatic carbocycles. The van der Waals surface area contributed by atoms with Gasteiger partial charge in [0.1, 0.15) is 0 Å². The molecule has 1 unspecified atom stereocenters. The van der Waals surface area contributed by atoms with E-state index < -0.39 is 0 Å². The van der Waals surface area contributed by atoms with Crippen molar-refractivity contribution in [3.63, 3.8) is 0 Å². The van der Waals surface area contributed by atoms with Crippen molar-refractivity contribution in [2.75, 3.05) is 19.6 Å². The first-order chi connectivity index (χ1) is 14.8. The van der Waals surface area contributed by atoms with Gasteiger partial charge in [-0.25, -0.2) is 0 Å². The van der Waals surface area contributed by atoms with Crippen LogP contribution in [0.4, 0.5) is 0 Å². The molecule has 0 aromatic carbocycles. The summed E-state index contributed by atoms with van der Waals surface area (Å²) in [6.07, 6.45) is 3.54. The van der Waals surface area contributed by atoms with E-state index in [-0.39, 0.29) is 11.9 Å². The molecule has 0 spiro atoms. The van der Waals surface area contributed by atoms with Crippen LogP contribution in [0, 0.1) is 19.8 Å². The van der Waals surface area contributed by atoms with Crippen molar-refractivity contribution in [1.82, 2.24) is 29.7 Å². The number of amides is 1. The van der Waals surface area contributed by atoms with Crippen LogP contribution in [-0.2, 0) is 30.7 Å². The number of aryl methyl sites for hydroxylation is 2. The molecule has 3 heterocycles. The highest BCUT2D eigenvalue weighted by molar-refractivity contribution is 5.73. The van der Waals surface area contributed by atoms with Crippen LogP contribution in [0.15, 0.2) is 4.52 Å². The van der Waals surface area contributed by atoms with Crippen LogP contribution >= 0.6 is 0 Å². The molecule has 2 aromatic heterocycles. The summed E-state index contributed by atoms with van der Waals surface area (Å²) in [7, 11) is 0. The zero-order valence-electron chi connectivity index (χ0n) is 20.0. The van der Waals surface area contributed by atoms with E-state index >= 15 is 0 Å². The van der Waals surface area contributed by atoms with Crippen LogP contribution in [0.3, 0.4) is 0 Å². The van der Waals surface area contributed by atoms with E-state index in [0.717, 1.165) is 51.1 Å². The fraction of sp³-hybridized carbons (Fsp3) is 0.739. The Hall–Kier alpha value is -2.22. The topological polar surface area (TPSA) is 80.3 Å². The number of carbonyl (C=O) groups excluding carboxylic acids is 1. The molecule has 0 radical (unpaired) electrons. The maximum atomic E-state index is 12.5. The highest BCUT2D eigenvalue weighted by Crippen LogP contribution is 2.22. The molecule has 1 amide bonds. The second kappa shape index (κ2) is 10.4. The van der Waals surface area contributed by atoms with Gasteiger partial charge in [0.05, 0.1) is 5.69 Å². The highest BCUT2D eigenvalue weighted by atomic mass is 16.5. The molecule has 1 saturated heterocycles. The summed E-state index contributed by atoms with van der Waals surface area (Å²) < 4.78 is 7.43. The molecule has 2 aromatic rings. The van der Waals surface area contributed by atoms with Crippen LogP contribution in [0.2, 0.25) is 0 Å². The predicted molar refractivity (Wildman–Crippen MR) is 120 cm³/mol. The standard InChI is InChI=1S/C23H38N6O2/c1-7-29-18(5)21(17(4)25-29)15-27-11-8-9-20(14-27)28(19(6)30)12-10-22-24-23(31-26-22)13-16(2)3/h16,20H,7-15H2,1-6H3. The molecule has 3 rings (SSSR count). The molecule has 0 N–H and O–H groups in total. The van der Waals surface area contributed by atoms with Gasteiger partial charge in [-0.1, -0.05) is 19.0 Å². The minimum absolute atomic E-state index is 0.115. The van der Waals surface area contributed by atoms with E-state index in [1.165, 1.54) is 11.3 Å². The van der Waals surface area contributed by atoms with Gasteiger partial charge in [0.15, 0.2) is 5.82 Å². The zero-order valence-corrected chi connectivity index (χ0v) is 20.0. The summed E-state index contributed by atoms with van der Waals surface area (Å²) >= 11 is 0. The van der Waals surface area contributed by atoms with E-state index in [1.54, 1.807) is 6.92 Å². The van der Waals surface area contributed by atoms with Gasteiger partial charge < -0.3 is 9.42 Å². The lowest BCUT2D eigenvalue weighted by molar-refractivity contribution is -0.132.